The minimum absolute atomic E-state index is 0.373. The molecule has 0 spiro atoms. The first-order chi connectivity index (χ1) is 21.8. The normalized spacial score (nSPS) is 15.2. The van der Waals surface area contributed by atoms with E-state index >= 15 is 0 Å². The van der Waals surface area contributed by atoms with Gasteiger partial charge in [-0.05, 0) is 38.8 Å². The van der Waals surface area contributed by atoms with E-state index in [-0.39, 0.29) is 0 Å². The molecule has 1 aliphatic heterocycles. The van der Waals surface area contributed by atoms with Crippen molar-refractivity contribution in [1.82, 2.24) is 24.9 Å². The molecule has 6 aromatic rings. The highest BCUT2D eigenvalue weighted by Gasteiger charge is 2.53. The Morgan fingerprint density at radius 1 is 0.400 bits per heavy atom. The molecule has 0 amide bonds. The van der Waals surface area contributed by atoms with Crippen LogP contribution in [-0.2, 0) is 9.31 Å². The molecule has 0 N–H and O–H groups in total. The molecule has 0 aliphatic carbocycles. The molecular formula is C37H32BN5O2. The summed E-state index contributed by atoms with van der Waals surface area (Å²) in [6.45, 7) is 8.20. The fourth-order valence-corrected chi connectivity index (χ4v) is 5.29. The zero-order valence-electron chi connectivity index (χ0n) is 25.7. The molecule has 45 heavy (non-hydrogen) atoms. The summed E-state index contributed by atoms with van der Waals surface area (Å²) in [6.07, 6.45) is 0. The molecule has 1 aliphatic rings. The first kappa shape index (κ1) is 28.7. The number of hydrogen-bond acceptors (Lipinski definition) is 7. The second kappa shape index (κ2) is 11.5. The minimum atomic E-state index is -0.701. The van der Waals surface area contributed by atoms with E-state index in [1.54, 1.807) is 0 Å². The molecule has 7 rings (SSSR count). The summed E-state index contributed by atoms with van der Waals surface area (Å²) >= 11 is 0. The van der Waals surface area contributed by atoms with E-state index in [9.17, 15) is 0 Å². The zero-order valence-corrected chi connectivity index (χ0v) is 25.7. The van der Waals surface area contributed by atoms with Gasteiger partial charge in [0.15, 0.2) is 17.5 Å². The predicted molar refractivity (Wildman–Crippen MR) is 178 cm³/mol. The summed E-state index contributed by atoms with van der Waals surface area (Å²) in [7, 11) is -0.701. The minimum Gasteiger partial charge on any atom is -0.399 e. The SMILES string of the molecule is CC1(C)OB(c2c(-c3ccccc3)nc(-c3nc(-c4ccccc4)nc(-c4ccccc4)n3)nc2-c2ccccc2)OC1(C)C. The number of benzene rings is 4. The summed E-state index contributed by atoms with van der Waals surface area (Å²) in [5, 5.41) is 0. The molecule has 0 saturated carbocycles. The van der Waals surface area contributed by atoms with Crippen molar-refractivity contribution in [3.8, 4) is 56.9 Å². The zero-order chi connectivity index (χ0) is 31.0. The van der Waals surface area contributed by atoms with E-state index in [2.05, 4.69) is 0 Å². The quantitative estimate of drug-likeness (QED) is 0.189. The highest BCUT2D eigenvalue weighted by Crippen LogP contribution is 2.38. The third-order valence-corrected chi connectivity index (χ3v) is 8.43. The van der Waals surface area contributed by atoms with Crippen LogP contribution in [0.4, 0.5) is 0 Å². The lowest BCUT2D eigenvalue weighted by Gasteiger charge is -2.32. The van der Waals surface area contributed by atoms with Gasteiger partial charge >= 0.3 is 7.12 Å². The van der Waals surface area contributed by atoms with Gasteiger partial charge in [0.1, 0.15) is 0 Å². The highest BCUT2D eigenvalue weighted by atomic mass is 16.7. The maximum atomic E-state index is 6.63. The van der Waals surface area contributed by atoms with Crippen LogP contribution in [0.25, 0.3) is 56.9 Å². The van der Waals surface area contributed by atoms with Crippen LogP contribution in [0.15, 0.2) is 121 Å². The molecule has 0 bridgehead atoms. The summed E-state index contributed by atoms with van der Waals surface area (Å²) in [5.74, 6) is 1.84. The van der Waals surface area contributed by atoms with Gasteiger partial charge in [-0.15, -0.1) is 0 Å². The first-order valence-corrected chi connectivity index (χ1v) is 15.0. The van der Waals surface area contributed by atoms with Crippen molar-refractivity contribution in [1.29, 1.82) is 0 Å². The lowest BCUT2D eigenvalue weighted by atomic mass is 9.73. The van der Waals surface area contributed by atoms with E-state index < -0.39 is 18.3 Å². The Morgan fingerprint density at radius 2 is 0.711 bits per heavy atom. The summed E-state index contributed by atoms with van der Waals surface area (Å²) < 4.78 is 13.3. The average molecular weight is 590 g/mol. The van der Waals surface area contributed by atoms with Crippen molar-refractivity contribution in [2.75, 3.05) is 0 Å². The van der Waals surface area contributed by atoms with E-state index in [0.29, 0.717) is 34.7 Å². The van der Waals surface area contributed by atoms with Gasteiger partial charge in [-0.25, -0.2) is 24.9 Å². The third-order valence-electron chi connectivity index (χ3n) is 8.43. The van der Waals surface area contributed by atoms with Crippen molar-refractivity contribution >= 4 is 12.6 Å². The van der Waals surface area contributed by atoms with Gasteiger partial charge < -0.3 is 9.31 Å². The van der Waals surface area contributed by atoms with E-state index in [1.165, 1.54) is 0 Å². The van der Waals surface area contributed by atoms with Crippen molar-refractivity contribution in [2.45, 2.75) is 38.9 Å². The number of aromatic nitrogens is 5. The van der Waals surface area contributed by atoms with Crippen LogP contribution in [-0.4, -0.2) is 43.2 Å². The van der Waals surface area contributed by atoms with Crippen LogP contribution in [0.3, 0.4) is 0 Å². The van der Waals surface area contributed by atoms with Gasteiger partial charge in [-0.2, -0.15) is 0 Å². The van der Waals surface area contributed by atoms with Crippen molar-refractivity contribution in [3.63, 3.8) is 0 Å². The molecule has 0 atom stereocenters. The molecule has 7 nitrogen and oxygen atoms in total. The van der Waals surface area contributed by atoms with Gasteiger partial charge in [0.05, 0.1) is 22.6 Å². The molecule has 4 aromatic carbocycles. The number of hydrogen-bond donors (Lipinski definition) is 0. The average Bonchev–Trinajstić information content (AvgIpc) is 3.31. The highest BCUT2D eigenvalue weighted by molar-refractivity contribution is 6.65. The lowest BCUT2D eigenvalue weighted by molar-refractivity contribution is 0.00578. The predicted octanol–water partition coefficient (Wildman–Crippen LogP) is 7.30. The van der Waals surface area contributed by atoms with Gasteiger partial charge in [0.2, 0.25) is 5.82 Å². The second-order valence-electron chi connectivity index (χ2n) is 12.0. The Labute approximate surface area is 263 Å². The summed E-state index contributed by atoms with van der Waals surface area (Å²) in [4.78, 5) is 25.1. The van der Waals surface area contributed by atoms with Crippen LogP contribution in [0.1, 0.15) is 27.7 Å². The Hall–Kier alpha value is -5.05. The molecule has 0 radical (unpaired) electrons. The van der Waals surface area contributed by atoms with Crippen LogP contribution in [0, 0.1) is 0 Å². The van der Waals surface area contributed by atoms with E-state index in [4.69, 9.17) is 34.2 Å². The fraction of sp³-hybridized carbons (Fsp3) is 0.162. The molecule has 2 aromatic heterocycles. The van der Waals surface area contributed by atoms with Gasteiger partial charge in [-0.3, -0.25) is 0 Å². The van der Waals surface area contributed by atoms with Gasteiger partial charge in [0, 0.05) is 16.6 Å². The molecule has 1 fully saturated rings. The monoisotopic (exact) mass is 589 g/mol. The number of rotatable bonds is 6. The topological polar surface area (TPSA) is 82.9 Å². The maximum absolute atomic E-state index is 6.63. The first-order valence-electron chi connectivity index (χ1n) is 15.0. The smallest absolute Gasteiger partial charge is 0.399 e. The van der Waals surface area contributed by atoms with E-state index in [1.807, 2.05) is 149 Å². The van der Waals surface area contributed by atoms with Crippen LogP contribution in [0.2, 0.25) is 0 Å². The maximum Gasteiger partial charge on any atom is 0.499 e. The van der Waals surface area contributed by atoms with Crippen LogP contribution < -0.4 is 5.46 Å². The molecule has 0 unspecified atom stereocenters. The molecule has 220 valence electrons. The molecule has 3 heterocycles. The summed E-state index contributed by atoms with van der Waals surface area (Å²) in [5.41, 5.74) is 4.60. The van der Waals surface area contributed by atoms with Crippen molar-refractivity contribution < 1.29 is 9.31 Å². The fourth-order valence-electron chi connectivity index (χ4n) is 5.29. The molecule has 1 saturated heterocycles. The standard InChI is InChI=1S/C37H32BN5O2/c1-36(2)37(3,4)45-38(44-36)29-30(25-17-9-5-10-18-25)39-34(40-31(29)26-19-11-6-12-20-26)35-42-32(27-21-13-7-14-22-27)41-33(43-35)28-23-15-8-16-24-28/h5-24H,1-4H3. The number of nitrogens with zero attached hydrogens (tertiary/aromatic N) is 5. The Kier molecular flexibility index (Phi) is 7.32. The lowest BCUT2D eigenvalue weighted by Crippen LogP contribution is -2.41. The van der Waals surface area contributed by atoms with E-state index in [0.717, 1.165) is 27.7 Å². The van der Waals surface area contributed by atoms with Crippen LogP contribution in [0.5, 0.6) is 0 Å². The summed E-state index contributed by atoms with van der Waals surface area (Å²) in [6, 6.07) is 39.9. The van der Waals surface area contributed by atoms with Crippen molar-refractivity contribution in [2.24, 2.45) is 0 Å². The second-order valence-corrected chi connectivity index (χ2v) is 12.0. The molecular weight excluding hydrogens is 557 g/mol. The van der Waals surface area contributed by atoms with Gasteiger partial charge in [0.25, 0.3) is 0 Å². The van der Waals surface area contributed by atoms with Crippen molar-refractivity contribution in [3.05, 3.63) is 121 Å². The largest absolute Gasteiger partial charge is 0.499 e. The molecule has 8 heteroatoms. The Balaban J connectivity index is 1.51. The Morgan fingerprint density at radius 3 is 1.09 bits per heavy atom. The Bertz CT molecular complexity index is 1820. The van der Waals surface area contributed by atoms with Crippen LogP contribution >= 0.6 is 0 Å². The van der Waals surface area contributed by atoms with Gasteiger partial charge in [-0.1, -0.05) is 121 Å². The third kappa shape index (κ3) is 5.54.